The summed E-state index contributed by atoms with van der Waals surface area (Å²) in [4.78, 5) is 49.1. The van der Waals surface area contributed by atoms with Crippen molar-refractivity contribution in [2.75, 3.05) is 18.5 Å². The van der Waals surface area contributed by atoms with Crippen molar-refractivity contribution in [1.29, 1.82) is 0 Å². The molecule has 0 aromatic heterocycles. The Morgan fingerprint density at radius 2 is 1.93 bits per heavy atom. The van der Waals surface area contributed by atoms with Crippen LogP contribution in [0, 0.1) is 12.7 Å². The van der Waals surface area contributed by atoms with E-state index >= 15 is 0 Å². The molecule has 0 atom stereocenters. The molecule has 3 amide bonds. The SMILES string of the molecule is Cc1ccc(NC(=O)COC(=O)CN2C(=O)Cc3ccccc3C2=O)c(F)c1. The topological polar surface area (TPSA) is 92.8 Å². The zero-order valence-electron chi connectivity index (χ0n) is 15.0. The van der Waals surface area contributed by atoms with Gasteiger partial charge in [0, 0.05) is 5.56 Å². The Hall–Kier alpha value is -3.55. The lowest BCUT2D eigenvalue weighted by Crippen LogP contribution is -2.45. The van der Waals surface area contributed by atoms with Crippen LogP contribution in [0.5, 0.6) is 0 Å². The van der Waals surface area contributed by atoms with Crippen LogP contribution in [0.4, 0.5) is 10.1 Å². The molecule has 3 rings (SSSR count). The van der Waals surface area contributed by atoms with Crippen molar-refractivity contribution in [2.24, 2.45) is 0 Å². The van der Waals surface area contributed by atoms with Crippen LogP contribution in [0.2, 0.25) is 0 Å². The van der Waals surface area contributed by atoms with E-state index in [1.165, 1.54) is 12.1 Å². The summed E-state index contributed by atoms with van der Waals surface area (Å²) in [5, 5.41) is 2.29. The molecule has 0 saturated carbocycles. The predicted molar refractivity (Wildman–Crippen MR) is 96.9 cm³/mol. The van der Waals surface area contributed by atoms with E-state index < -0.39 is 42.7 Å². The van der Waals surface area contributed by atoms with Gasteiger partial charge in [0.1, 0.15) is 12.4 Å². The molecule has 2 aromatic carbocycles. The van der Waals surface area contributed by atoms with Gasteiger partial charge in [-0.15, -0.1) is 0 Å². The predicted octanol–water partition coefficient (Wildman–Crippen LogP) is 1.84. The first-order chi connectivity index (χ1) is 13.3. The summed E-state index contributed by atoms with van der Waals surface area (Å²) in [5.41, 5.74) is 1.60. The zero-order valence-corrected chi connectivity index (χ0v) is 15.0. The summed E-state index contributed by atoms with van der Waals surface area (Å²) < 4.78 is 18.5. The lowest BCUT2D eigenvalue weighted by atomic mass is 9.98. The Balaban J connectivity index is 1.55. The number of rotatable bonds is 5. The maximum Gasteiger partial charge on any atom is 0.326 e. The number of hydrogen-bond acceptors (Lipinski definition) is 5. The third-order valence-electron chi connectivity index (χ3n) is 4.19. The first kappa shape index (κ1) is 19.2. The molecule has 28 heavy (non-hydrogen) atoms. The highest BCUT2D eigenvalue weighted by Gasteiger charge is 2.32. The van der Waals surface area contributed by atoms with Crippen LogP contribution in [-0.4, -0.2) is 41.7 Å². The normalized spacial score (nSPS) is 13.1. The number of anilines is 1. The number of nitrogens with one attached hydrogen (secondary N) is 1. The Morgan fingerprint density at radius 3 is 2.68 bits per heavy atom. The molecule has 0 radical (unpaired) electrons. The van der Waals surface area contributed by atoms with Gasteiger partial charge < -0.3 is 10.1 Å². The average molecular weight is 384 g/mol. The molecule has 0 fully saturated rings. The molecule has 1 N–H and O–H groups in total. The number of esters is 1. The second-order valence-corrected chi connectivity index (χ2v) is 6.31. The monoisotopic (exact) mass is 384 g/mol. The Bertz CT molecular complexity index is 973. The molecule has 7 nitrogen and oxygen atoms in total. The first-order valence-electron chi connectivity index (χ1n) is 8.49. The fourth-order valence-electron chi connectivity index (χ4n) is 2.79. The molecule has 1 heterocycles. The highest BCUT2D eigenvalue weighted by molar-refractivity contribution is 6.11. The third-order valence-corrected chi connectivity index (χ3v) is 4.19. The van der Waals surface area contributed by atoms with Crippen LogP contribution in [-0.2, 0) is 25.5 Å². The van der Waals surface area contributed by atoms with Gasteiger partial charge in [0.05, 0.1) is 12.1 Å². The number of carbonyl (C=O) groups excluding carboxylic acids is 4. The summed E-state index contributed by atoms with van der Waals surface area (Å²) in [6, 6.07) is 10.9. The van der Waals surface area contributed by atoms with E-state index in [0.717, 1.165) is 4.90 Å². The molecular formula is C20H17FN2O5. The summed E-state index contributed by atoms with van der Waals surface area (Å²) in [5.74, 6) is -3.37. The highest BCUT2D eigenvalue weighted by Crippen LogP contribution is 2.19. The maximum atomic E-state index is 13.7. The highest BCUT2D eigenvalue weighted by atomic mass is 19.1. The smallest absolute Gasteiger partial charge is 0.326 e. The zero-order chi connectivity index (χ0) is 20.3. The second-order valence-electron chi connectivity index (χ2n) is 6.31. The molecule has 0 unspecified atom stereocenters. The van der Waals surface area contributed by atoms with Crippen molar-refractivity contribution in [1.82, 2.24) is 4.90 Å². The van der Waals surface area contributed by atoms with Gasteiger partial charge in [0.25, 0.3) is 11.8 Å². The number of ether oxygens (including phenoxy) is 1. The molecule has 1 aliphatic heterocycles. The van der Waals surface area contributed by atoms with Crippen molar-refractivity contribution in [3.63, 3.8) is 0 Å². The van der Waals surface area contributed by atoms with E-state index in [1.807, 2.05) is 0 Å². The van der Waals surface area contributed by atoms with Gasteiger partial charge in [-0.2, -0.15) is 0 Å². The van der Waals surface area contributed by atoms with Crippen LogP contribution in [0.1, 0.15) is 21.5 Å². The minimum Gasteiger partial charge on any atom is -0.454 e. The molecule has 2 aromatic rings. The molecular weight excluding hydrogens is 367 g/mol. The molecule has 0 spiro atoms. The molecule has 0 saturated heterocycles. The van der Waals surface area contributed by atoms with Crippen LogP contribution in [0.3, 0.4) is 0 Å². The number of carbonyl (C=O) groups is 4. The summed E-state index contributed by atoms with van der Waals surface area (Å²) in [6.07, 6.45) is 0.00236. The number of hydrogen-bond donors (Lipinski definition) is 1. The van der Waals surface area contributed by atoms with Gasteiger partial charge in [0.15, 0.2) is 6.61 Å². The fraction of sp³-hybridized carbons (Fsp3) is 0.200. The minimum atomic E-state index is -0.916. The number of amides is 3. The molecule has 0 aliphatic carbocycles. The molecule has 144 valence electrons. The number of halogens is 1. The third kappa shape index (κ3) is 4.22. The number of imide groups is 1. The van der Waals surface area contributed by atoms with Crippen LogP contribution in [0.25, 0.3) is 0 Å². The van der Waals surface area contributed by atoms with E-state index in [4.69, 9.17) is 4.74 Å². The Kier molecular flexibility index (Phi) is 5.49. The van der Waals surface area contributed by atoms with Crippen LogP contribution >= 0.6 is 0 Å². The van der Waals surface area contributed by atoms with Gasteiger partial charge in [-0.05, 0) is 36.2 Å². The Morgan fingerprint density at radius 1 is 1.18 bits per heavy atom. The van der Waals surface area contributed by atoms with Crippen LogP contribution in [0.15, 0.2) is 42.5 Å². The van der Waals surface area contributed by atoms with Gasteiger partial charge in [-0.1, -0.05) is 24.3 Å². The number of fused-ring (bicyclic) bond motifs is 1. The van der Waals surface area contributed by atoms with E-state index in [9.17, 15) is 23.6 Å². The summed E-state index contributed by atoms with van der Waals surface area (Å²) in [7, 11) is 0. The van der Waals surface area contributed by atoms with Crippen LogP contribution < -0.4 is 5.32 Å². The standard InChI is InChI=1S/C20H17FN2O5/c1-12-6-7-16(15(21)8-12)22-17(24)11-28-19(26)10-23-18(25)9-13-4-2-3-5-14(13)20(23)27/h2-8H,9-11H2,1H3,(H,22,24). The summed E-state index contributed by atoms with van der Waals surface area (Å²) in [6.45, 7) is 0.440. The quantitative estimate of drug-likeness (QED) is 0.627. The Labute approximate surface area is 160 Å². The average Bonchev–Trinajstić information content (AvgIpc) is 2.66. The van der Waals surface area contributed by atoms with Crippen molar-refractivity contribution < 1.29 is 28.3 Å². The second kappa shape index (κ2) is 7.99. The van der Waals surface area contributed by atoms with Crippen molar-refractivity contribution in [2.45, 2.75) is 13.3 Å². The van der Waals surface area contributed by atoms with Crippen molar-refractivity contribution in [3.8, 4) is 0 Å². The van der Waals surface area contributed by atoms with E-state index in [2.05, 4.69) is 5.32 Å². The van der Waals surface area contributed by atoms with Gasteiger partial charge in [0.2, 0.25) is 5.91 Å². The molecule has 0 bridgehead atoms. The number of nitrogens with zero attached hydrogens (tertiary/aromatic N) is 1. The first-order valence-corrected chi connectivity index (χ1v) is 8.49. The fourth-order valence-corrected chi connectivity index (χ4v) is 2.79. The van der Waals surface area contributed by atoms with E-state index in [-0.39, 0.29) is 12.1 Å². The van der Waals surface area contributed by atoms with Crippen molar-refractivity contribution in [3.05, 3.63) is 65.0 Å². The van der Waals surface area contributed by atoms with Crippen molar-refractivity contribution >= 4 is 29.4 Å². The largest absolute Gasteiger partial charge is 0.454 e. The lowest BCUT2D eigenvalue weighted by molar-refractivity contribution is -0.150. The number of benzene rings is 2. The molecule has 1 aliphatic rings. The van der Waals surface area contributed by atoms with Gasteiger partial charge in [-0.3, -0.25) is 24.1 Å². The molecule has 8 heteroatoms. The summed E-state index contributed by atoms with van der Waals surface area (Å²) >= 11 is 0. The lowest BCUT2D eigenvalue weighted by Gasteiger charge is -2.25. The van der Waals surface area contributed by atoms with Gasteiger partial charge >= 0.3 is 5.97 Å². The number of aryl methyl sites for hydroxylation is 1. The van der Waals surface area contributed by atoms with E-state index in [1.54, 1.807) is 37.3 Å². The minimum absolute atomic E-state index is 0.00236. The maximum absolute atomic E-state index is 13.7. The van der Waals surface area contributed by atoms with Gasteiger partial charge in [-0.25, -0.2) is 4.39 Å². The van der Waals surface area contributed by atoms with E-state index in [0.29, 0.717) is 16.7 Å².